The van der Waals surface area contributed by atoms with E-state index < -0.39 is 0 Å². The van der Waals surface area contributed by atoms with E-state index in [-0.39, 0.29) is 24.1 Å². The van der Waals surface area contributed by atoms with Gasteiger partial charge in [0.1, 0.15) is 5.75 Å². The van der Waals surface area contributed by atoms with E-state index in [4.69, 9.17) is 9.47 Å². The number of ether oxygens (including phenoxy) is 2. The van der Waals surface area contributed by atoms with Crippen molar-refractivity contribution in [2.24, 2.45) is 0 Å². The molecule has 0 radical (unpaired) electrons. The molecule has 0 bridgehead atoms. The van der Waals surface area contributed by atoms with Crippen molar-refractivity contribution in [3.8, 4) is 5.75 Å². The second-order valence-corrected chi connectivity index (χ2v) is 7.78. The van der Waals surface area contributed by atoms with Gasteiger partial charge in [0.2, 0.25) is 0 Å². The van der Waals surface area contributed by atoms with E-state index in [1.165, 1.54) is 12.0 Å². The van der Waals surface area contributed by atoms with E-state index >= 15 is 0 Å². The Hall–Kier alpha value is -2.54. The molecular formula is C23H33N3O4. The highest BCUT2D eigenvalue weighted by molar-refractivity contribution is 5.94. The molecule has 2 aliphatic rings. The van der Waals surface area contributed by atoms with E-state index in [2.05, 4.69) is 27.7 Å². The van der Waals surface area contributed by atoms with Crippen molar-refractivity contribution in [1.29, 1.82) is 0 Å². The molecule has 2 amide bonds. The molecule has 0 saturated carbocycles. The van der Waals surface area contributed by atoms with Crippen LogP contribution in [0, 0.1) is 0 Å². The number of carbonyl (C=O) groups excluding carboxylic acids is 2. The molecule has 1 fully saturated rings. The van der Waals surface area contributed by atoms with E-state index in [0.717, 1.165) is 31.6 Å². The van der Waals surface area contributed by atoms with E-state index in [1.807, 2.05) is 19.1 Å². The smallest absolute Gasteiger partial charge is 0.337 e. The second-order valence-electron chi connectivity index (χ2n) is 7.78. The number of esters is 1. The lowest BCUT2D eigenvalue weighted by Gasteiger charge is -2.35. The molecule has 2 N–H and O–H groups in total. The maximum absolute atomic E-state index is 12.7. The first kappa shape index (κ1) is 22.2. The minimum absolute atomic E-state index is 0.223. The minimum atomic E-state index is -0.359. The Morgan fingerprint density at radius 2 is 1.93 bits per heavy atom. The van der Waals surface area contributed by atoms with Crippen LogP contribution in [0.1, 0.15) is 57.6 Å². The quantitative estimate of drug-likeness (QED) is 0.666. The Bertz CT molecular complexity index is 775. The van der Waals surface area contributed by atoms with Gasteiger partial charge < -0.3 is 20.1 Å². The molecule has 0 unspecified atom stereocenters. The van der Waals surface area contributed by atoms with Gasteiger partial charge >= 0.3 is 12.0 Å². The van der Waals surface area contributed by atoms with Gasteiger partial charge in [-0.25, -0.2) is 9.59 Å². The molecule has 3 rings (SSSR count). The number of rotatable bonds is 7. The fourth-order valence-electron chi connectivity index (χ4n) is 4.35. The van der Waals surface area contributed by atoms with Crippen molar-refractivity contribution >= 4 is 12.0 Å². The summed E-state index contributed by atoms with van der Waals surface area (Å²) in [6.07, 6.45) is 5.10. The molecule has 7 heteroatoms. The summed E-state index contributed by atoms with van der Waals surface area (Å²) in [5.41, 5.74) is 2.42. The Morgan fingerprint density at radius 3 is 2.60 bits per heavy atom. The minimum Gasteiger partial charge on any atom is -0.497 e. The molecule has 7 nitrogen and oxygen atoms in total. The van der Waals surface area contributed by atoms with Gasteiger partial charge in [-0.1, -0.05) is 31.9 Å². The van der Waals surface area contributed by atoms with Crippen LogP contribution in [-0.2, 0) is 9.53 Å². The Morgan fingerprint density at radius 1 is 1.17 bits per heavy atom. The standard InChI is InChI=1S/C23H33N3O4/c1-4-18-21(22(27)30-5-2)19(25-23(28)24-18)15-26-14-8-6-7-9-20(26)16-10-12-17(29-3)13-11-16/h10-13,18,20H,4-9,14-15H2,1-3H3,(H2,24,25,28)/t18-,20-/m0/s1. The molecule has 0 spiro atoms. The van der Waals surface area contributed by atoms with Crippen LogP contribution in [0.5, 0.6) is 5.75 Å². The van der Waals surface area contributed by atoms with Crippen LogP contribution in [0.15, 0.2) is 35.5 Å². The molecule has 2 atom stereocenters. The van der Waals surface area contributed by atoms with Gasteiger partial charge in [-0.2, -0.15) is 0 Å². The highest BCUT2D eigenvalue weighted by Crippen LogP contribution is 2.32. The van der Waals surface area contributed by atoms with Crippen molar-refractivity contribution in [3.05, 3.63) is 41.1 Å². The number of hydrogen-bond acceptors (Lipinski definition) is 5. The van der Waals surface area contributed by atoms with E-state index in [9.17, 15) is 9.59 Å². The SMILES string of the molecule is CCOC(=O)C1=C(CN2CCCCC[C@H]2c2ccc(OC)cc2)NC(=O)N[C@H]1CC. The summed E-state index contributed by atoms with van der Waals surface area (Å²) < 4.78 is 10.6. The third-order valence-corrected chi connectivity index (χ3v) is 5.87. The summed E-state index contributed by atoms with van der Waals surface area (Å²) in [5.74, 6) is 0.477. The van der Waals surface area contributed by atoms with Gasteiger partial charge in [0.05, 0.1) is 25.3 Å². The van der Waals surface area contributed by atoms with E-state index in [1.54, 1.807) is 14.0 Å². The van der Waals surface area contributed by atoms with E-state index in [0.29, 0.717) is 30.8 Å². The predicted molar refractivity (Wildman–Crippen MR) is 115 cm³/mol. The largest absolute Gasteiger partial charge is 0.497 e. The highest BCUT2D eigenvalue weighted by Gasteiger charge is 2.33. The lowest BCUT2D eigenvalue weighted by molar-refractivity contribution is -0.139. The van der Waals surface area contributed by atoms with Gasteiger partial charge in [0.25, 0.3) is 0 Å². The average Bonchev–Trinajstić information content (AvgIpc) is 2.99. The number of nitrogens with zero attached hydrogens (tertiary/aromatic N) is 1. The molecular weight excluding hydrogens is 382 g/mol. The number of nitrogens with one attached hydrogen (secondary N) is 2. The van der Waals surface area contributed by atoms with Gasteiger partial charge in [0, 0.05) is 18.3 Å². The zero-order valence-electron chi connectivity index (χ0n) is 18.2. The maximum Gasteiger partial charge on any atom is 0.337 e. The zero-order valence-corrected chi connectivity index (χ0v) is 18.2. The number of carbonyl (C=O) groups is 2. The fourth-order valence-corrected chi connectivity index (χ4v) is 4.35. The molecule has 30 heavy (non-hydrogen) atoms. The van der Waals surface area contributed by atoms with Crippen LogP contribution in [0.3, 0.4) is 0 Å². The molecule has 0 aliphatic carbocycles. The predicted octanol–water partition coefficient (Wildman–Crippen LogP) is 3.52. The van der Waals surface area contributed by atoms with Crippen LogP contribution < -0.4 is 15.4 Å². The van der Waals surface area contributed by atoms with Crippen molar-refractivity contribution in [3.63, 3.8) is 0 Å². The van der Waals surface area contributed by atoms with Crippen LogP contribution in [0.25, 0.3) is 0 Å². The number of likely N-dealkylation sites (tertiary alicyclic amines) is 1. The normalized spacial score (nSPS) is 22.7. The van der Waals surface area contributed by atoms with Gasteiger partial charge in [-0.15, -0.1) is 0 Å². The van der Waals surface area contributed by atoms with Crippen molar-refractivity contribution < 1.29 is 19.1 Å². The average molecular weight is 416 g/mol. The molecule has 164 valence electrons. The number of methoxy groups -OCH3 is 1. The van der Waals surface area contributed by atoms with Gasteiger partial charge in [0.15, 0.2) is 0 Å². The molecule has 1 saturated heterocycles. The summed E-state index contributed by atoms with van der Waals surface area (Å²) in [5, 5.41) is 5.74. The third kappa shape index (κ3) is 5.14. The monoisotopic (exact) mass is 415 g/mol. The van der Waals surface area contributed by atoms with Crippen LogP contribution >= 0.6 is 0 Å². The number of urea groups is 1. The Kier molecular flexibility index (Phi) is 7.74. The summed E-state index contributed by atoms with van der Waals surface area (Å²) in [6.45, 7) is 5.48. The summed E-state index contributed by atoms with van der Waals surface area (Å²) >= 11 is 0. The molecule has 2 aliphatic heterocycles. The number of benzene rings is 1. The summed E-state index contributed by atoms with van der Waals surface area (Å²) in [6, 6.07) is 7.82. The molecule has 1 aromatic rings. The maximum atomic E-state index is 12.7. The zero-order chi connectivity index (χ0) is 21.5. The Balaban J connectivity index is 1.92. The molecule has 0 aromatic heterocycles. The van der Waals surface area contributed by atoms with Gasteiger partial charge in [-0.05, 0) is 50.4 Å². The van der Waals surface area contributed by atoms with Crippen LogP contribution in [0.4, 0.5) is 4.79 Å². The van der Waals surface area contributed by atoms with Crippen molar-refractivity contribution in [2.45, 2.75) is 58.0 Å². The second kappa shape index (κ2) is 10.5. The first-order valence-corrected chi connectivity index (χ1v) is 10.9. The first-order valence-electron chi connectivity index (χ1n) is 10.9. The molecule has 2 heterocycles. The fraction of sp³-hybridized carbons (Fsp3) is 0.565. The topological polar surface area (TPSA) is 79.9 Å². The molecule has 1 aromatic carbocycles. The lowest BCUT2D eigenvalue weighted by atomic mass is 9.97. The number of amides is 2. The third-order valence-electron chi connectivity index (χ3n) is 5.87. The van der Waals surface area contributed by atoms with Crippen LogP contribution in [0.2, 0.25) is 0 Å². The highest BCUT2D eigenvalue weighted by atomic mass is 16.5. The van der Waals surface area contributed by atoms with Crippen molar-refractivity contribution in [1.82, 2.24) is 15.5 Å². The summed E-state index contributed by atoms with van der Waals surface area (Å²) in [7, 11) is 1.67. The summed E-state index contributed by atoms with van der Waals surface area (Å²) in [4.78, 5) is 27.3. The van der Waals surface area contributed by atoms with Gasteiger partial charge in [-0.3, -0.25) is 4.90 Å². The lowest BCUT2D eigenvalue weighted by Crippen LogP contribution is -2.52. The Labute approximate surface area is 178 Å². The van der Waals surface area contributed by atoms with Crippen LogP contribution in [-0.4, -0.2) is 49.7 Å². The first-order chi connectivity index (χ1) is 14.6. The van der Waals surface area contributed by atoms with Crippen molar-refractivity contribution in [2.75, 3.05) is 26.8 Å². The number of hydrogen-bond donors (Lipinski definition) is 2.